The number of methoxy groups -OCH3 is 2. The Morgan fingerprint density at radius 3 is 1.50 bits per heavy atom. The van der Waals surface area contributed by atoms with Gasteiger partial charge in [0, 0.05) is 5.82 Å². The fourth-order valence-electron chi connectivity index (χ4n) is 4.23. The standard InChI is InChI=1S/C24H22O4P.C7H5N4/c1-27-23(25)18-22(24(26)28-2)29(19-12-6-3-7-13-19,20-14-8-4-9-15-20)21-16-10-5-11-17-21;1-2-4-6(5-3-1)7-8-10-11-9-7/h3-18H,1-2H3;1-5H/q+1;-1/b22-18-;. The molecule has 0 aliphatic carbocycles. The average Bonchev–Trinajstić information content (AvgIpc) is 3.58. The molecule has 0 saturated heterocycles. The summed E-state index contributed by atoms with van der Waals surface area (Å²) in [6.07, 6.45) is 1.27. The van der Waals surface area contributed by atoms with Gasteiger partial charge in [0.1, 0.15) is 15.9 Å². The molecule has 5 rings (SSSR count). The van der Waals surface area contributed by atoms with Crippen LogP contribution in [-0.2, 0) is 19.1 Å². The summed E-state index contributed by atoms with van der Waals surface area (Å²) in [6.45, 7) is 0. The van der Waals surface area contributed by atoms with Gasteiger partial charge < -0.3 is 14.6 Å². The maximum atomic E-state index is 13.1. The molecule has 0 spiro atoms. The topological polar surface area (TPSA) is 105 Å². The second-order valence-electron chi connectivity index (χ2n) is 8.29. The first-order valence-corrected chi connectivity index (χ1v) is 14.1. The summed E-state index contributed by atoms with van der Waals surface area (Å²) < 4.78 is 10.0. The molecule has 0 aliphatic rings. The van der Waals surface area contributed by atoms with Crippen LogP contribution in [0, 0.1) is 0 Å². The molecule has 0 atom stereocenters. The normalized spacial score (nSPS) is 11.1. The summed E-state index contributed by atoms with van der Waals surface area (Å²) in [7, 11) is -0.102. The Hall–Kier alpha value is -4.94. The lowest BCUT2D eigenvalue weighted by atomic mass is 10.2. The summed E-state index contributed by atoms with van der Waals surface area (Å²) in [4.78, 5) is 25.4. The summed E-state index contributed by atoms with van der Waals surface area (Å²) >= 11 is 0. The number of esters is 2. The second kappa shape index (κ2) is 13.7. The molecule has 0 fully saturated rings. The van der Waals surface area contributed by atoms with Crippen LogP contribution in [0.3, 0.4) is 0 Å². The van der Waals surface area contributed by atoms with Crippen molar-refractivity contribution in [3.63, 3.8) is 0 Å². The molecule has 200 valence electrons. The number of nitrogens with zero attached hydrogens (tertiary/aromatic N) is 4. The fourth-order valence-corrected chi connectivity index (χ4v) is 8.49. The summed E-state index contributed by atoms with van der Waals surface area (Å²) in [5, 5.41) is 17.3. The van der Waals surface area contributed by atoms with Gasteiger partial charge in [-0.3, -0.25) is 10.3 Å². The summed E-state index contributed by atoms with van der Waals surface area (Å²) in [5.74, 6) is -0.580. The van der Waals surface area contributed by atoms with Gasteiger partial charge in [-0.05, 0) is 42.0 Å². The number of tetrazole rings is 1. The van der Waals surface area contributed by atoms with E-state index >= 15 is 0 Å². The molecule has 0 amide bonds. The van der Waals surface area contributed by atoms with Crippen molar-refractivity contribution in [2.75, 3.05) is 14.2 Å². The van der Waals surface area contributed by atoms with E-state index in [1.807, 2.05) is 121 Å². The molecule has 1 heterocycles. The smallest absolute Gasteiger partial charge is 0.375 e. The van der Waals surface area contributed by atoms with Crippen LogP contribution in [0.5, 0.6) is 0 Å². The molecule has 9 heteroatoms. The Kier molecular flexibility index (Phi) is 9.64. The molecule has 0 bridgehead atoms. The molecule has 8 nitrogen and oxygen atoms in total. The van der Waals surface area contributed by atoms with E-state index in [9.17, 15) is 9.59 Å². The number of carbonyl (C=O) groups is 2. The Balaban J connectivity index is 0.000000278. The molecule has 0 saturated carbocycles. The predicted molar refractivity (Wildman–Crippen MR) is 156 cm³/mol. The third-order valence-electron chi connectivity index (χ3n) is 5.99. The molecule has 5 aromatic rings. The van der Waals surface area contributed by atoms with Gasteiger partial charge in [0.15, 0.2) is 7.26 Å². The minimum absolute atomic E-state index is 0.287. The van der Waals surface area contributed by atoms with Gasteiger partial charge >= 0.3 is 11.9 Å². The van der Waals surface area contributed by atoms with E-state index in [0.29, 0.717) is 5.82 Å². The molecule has 4 aromatic carbocycles. The molecule has 0 radical (unpaired) electrons. The Morgan fingerprint density at radius 2 is 1.12 bits per heavy atom. The van der Waals surface area contributed by atoms with Crippen molar-refractivity contribution in [1.82, 2.24) is 20.6 Å². The van der Waals surface area contributed by atoms with Crippen LogP contribution in [0.2, 0.25) is 0 Å². The van der Waals surface area contributed by atoms with E-state index in [1.165, 1.54) is 20.3 Å². The lowest BCUT2D eigenvalue weighted by Gasteiger charge is -2.28. The summed E-state index contributed by atoms with van der Waals surface area (Å²) in [6, 6.07) is 38.9. The molecule has 1 aromatic heterocycles. The Labute approximate surface area is 233 Å². The number of rotatable bonds is 7. The fraction of sp³-hybridized carbons (Fsp3) is 0.0645. The first-order valence-electron chi connectivity index (χ1n) is 12.3. The first-order chi connectivity index (χ1) is 19.6. The highest BCUT2D eigenvalue weighted by Crippen LogP contribution is 2.62. The number of carbonyl (C=O) groups excluding carboxylic acids is 2. The molecular formula is C31H27N4O4P. The molecular weight excluding hydrogens is 523 g/mol. The second-order valence-corrected chi connectivity index (χ2v) is 11.7. The van der Waals surface area contributed by atoms with Crippen molar-refractivity contribution < 1.29 is 19.1 Å². The third kappa shape index (κ3) is 6.20. The van der Waals surface area contributed by atoms with Crippen LogP contribution in [0.25, 0.3) is 11.4 Å². The van der Waals surface area contributed by atoms with Gasteiger partial charge in [-0.25, -0.2) is 9.59 Å². The number of hydrogen-bond acceptors (Lipinski definition) is 7. The number of aromatic nitrogens is 4. The van der Waals surface area contributed by atoms with Gasteiger partial charge in [-0.1, -0.05) is 84.9 Å². The van der Waals surface area contributed by atoms with E-state index in [2.05, 4.69) is 20.6 Å². The zero-order valence-electron chi connectivity index (χ0n) is 22.0. The summed E-state index contributed by atoms with van der Waals surface area (Å²) in [5.41, 5.74) is 0.942. The van der Waals surface area contributed by atoms with Gasteiger partial charge in [0.05, 0.1) is 20.3 Å². The quantitative estimate of drug-likeness (QED) is 0.172. The van der Waals surface area contributed by atoms with Crippen molar-refractivity contribution in [3.8, 4) is 11.4 Å². The van der Waals surface area contributed by atoms with Crippen molar-refractivity contribution in [1.29, 1.82) is 0 Å². The zero-order valence-corrected chi connectivity index (χ0v) is 22.9. The van der Waals surface area contributed by atoms with Gasteiger partial charge in [0.25, 0.3) is 0 Å². The molecule has 0 N–H and O–H groups in total. The van der Waals surface area contributed by atoms with Crippen LogP contribution in [-0.4, -0.2) is 41.7 Å². The largest absolute Gasteiger partial charge is 0.466 e. The van der Waals surface area contributed by atoms with E-state index in [1.54, 1.807) is 0 Å². The Morgan fingerprint density at radius 1 is 0.675 bits per heavy atom. The number of benzene rings is 4. The van der Waals surface area contributed by atoms with Crippen LogP contribution in [0.4, 0.5) is 0 Å². The monoisotopic (exact) mass is 550 g/mol. The van der Waals surface area contributed by atoms with Crippen LogP contribution in [0.15, 0.2) is 133 Å². The SMILES string of the molecule is COC(=O)/C=C(/C(=O)OC)[P+](c1ccccc1)(c1ccccc1)c1ccccc1.c1ccc(-c2nnn[n-]2)cc1. The van der Waals surface area contributed by atoms with E-state index < -0.39 is 19.2 Å². The maximum absolute atomic E-state index is 13.1. The molecule has 0 unspecified atom stereocenters. The lowest BCUT2D eigenvalue weighted by Crippen LogP contribution is -2.35. The third-order valence-corrected chi connectivity index (χ3v) is 10.2. The lowest BCUT2D eigenvalue weighted by molar-refractivity contribution is -0.137. The van der Waals surface area contributed by atoms with Gasteiger partial charge in [0.2, 0.25) is 5.31 Å². The van der Waals surface area contributed by atoms with Gasteiger partial charge in [-0.15, -0.1) is 0 Å². The van der Waals surface area contributed by atoms with Crippen LogP contribution >= 0.6 is 7.26 Å². The van der Waals surface area contributed by atoms with E-state index in [-0.39, 0.29) is 5.31 Å². The zero-order chi connectivity index (χ0) is 28.2. The van der Waals surface area contributed by atoms with E-state index in [4.69, 9.17) is 9.47 Å². The van der Waals surface area contributed by atoms with Crippen molar-refractivity contribution >= 4 is 35.1 Å². The van der Waals surface area contributed by atoms with Crippen molar-refractivity contribution in [2.24, 2.45) is 0 Å². The molecule has 40 heavy (non-hydrogen) atoms. The minimum atomic E-state index is -2.72. The predicted octanol–water partition coefficient (Wildman–Crippen LogP) is 3.71. The van der Waals surface area contributed by atoms with Gasteiger partial charge in [-0.2, -0.15) is 5.21 Å². The van der Waals surface area contributed by atoms with Crippen molar-refractivity contribution in [3.05, 3.63) is 133 Å². The maximum Gasteiger partial charge on any atom is 0.375 e. The highest BCUT2D eigenvalue weighted by atomic mass is 31.2. The number of ether oxygens (including phenoxy) is 2. The van der Waals surface area contributed by atoms with Crippen LogP contribution < -0.4 is 21.0 Å². The molecule has 0 aliphatic heterocycles. The van der Waals surface area contributed by atoms with Crippen molar-refractivity contribution in [2.45, 2.75) is 0 Å². The van der Waals surface area contributed by atoms with E-state index in [0.717, 1.165) is 21.5 Å². The average molecular weight is 551 g/mol. The minimum Gasteiger partial charge on any atom is -0.466 e. The highest BCUT2D eigenvalue weighted by molar-refractivity contribution is 7.99. The first kappa shape index (κ1) is 28.1. The highest BCUT2D eigenvalue weighted by Gasteiger charge is 2.53. The number of hydrogen-bond donors (Lipinski definition) is 0. The van der Waals surface area contributed by atoms with Crippen LogP contribution in [0.1, 0.15) is 0 Å². The Bertz CT molecular complexity index is 1430.